The molecule has 0 unspecified atom stereocenters. The Labute approximate surface area is 226 Å². The highest BCUT2D eigenvalue weighted by atomic mass is 19.2. The van der Waals surface area contributed by atoms with Crippen molar-refractivity contribution in [2.24, 2.45) is 0 Å². The van der Waals surface area contributed by atoms with Crippen molar-refractivity contribution in [1.29, 1.82) is 0 Å². The maximum Gasteiger partial charge on any atom is 0.342 e. The Bertz CT molecular complexity index is 1890. The average molecular weight is 548 g/mol. The van der Waals surface area contributed by atoms with Crippen LogP contribution in [0.3, 0.4) is 0 Å². The van der Waals surface area contributed by atoms with Gasteiger partial charge in [-0.2, -0.15) is 0 Å². The van der Waals surface area contributed by atoms with Crippen molar-refractivity contribution in [1.82, 2.24) is 24.3 Å². The van der Waals surface area contributed by atoms with E-state index in [1.807, 2.05) is 25.1 Å². The second-order valence-corrected chi connectivity index (χ2v) is 10.3. The van der Waals surface area contributed by atoms with Crippen molar-refractivity contribution in [2.45, 2.75) is 19.4 Å². The molecule has 10 nitrogen and oxygen atoms in total. The van der Waals surface area contributed by atoms with E-state index in [0.717, 1.165) is 25.1 Å². The Kier molecular flexibility index (Phi) is 6.14. The fourth-order valence-electron chi connectivity index (χ4n) is 5.63. The first kappa shape index (κ1) is 25.7. The SMILES string of the molecule is CNc1cc(F)c(F)c2c1[nH]c1ncc(-c3cc(CN(C)C)c4ncc(C(=O)O)c(=O)n4c3)c(N3CCCC3)c12. The third-order valence-electron chi connectivity index (χ3n) is 7.36. The molecule has 1 aliphatic heterocycles. The zero-order valence-electron chi connectivity index (χ0n) is 22.2. The number of benzene rings is 1. The van der Waals surface area contributed by atoms with E-state index in [2.05, 4.69) is 25.2 Å². The van der Waals surface area contributed by atoms with E-state index in [-0.39, 0.29) is 5.39 Å². The summed E-state index contributed by atoms with van der Waals surface area (Å²) in [4.78, 5) is 41.0. The number of hydrogen-bond donors (Lipinski definition) is 3. The zero-order chi connectivity index (χ0) is 28.3. The largest absolute Gasteiger partial charge is 0.477 e. The number of anilines is 2. The number of aromatic amines is 1. The van der Waals surface area contributed by atoms with Gasteiger partial charge in [-0.15, -0.1) is 0 Å². The lowest BCUT2D eigenvalue weighted by Gasteiger charge is -2.23. The van der Waals surface area contributed by atoms with Crippen molar-refractivity contribution >= 4 is 44.9 Å². The number of hydrogen-bond acceptors (Lipinski definition) is 7. The van der Waals surface area contributed by atoms with Gasteiger partial charge in [-0.25, -0.2) is 23.5 Å². The summed E-state index contributed by atoms with van der Waals surface area (Å²) in [5, 5.41) is 13.0. The van der Waals surface area contributed by atoms with Crippen LogP contribution in [0.1, 0.15) is 28.8 Å². The molecular weight excluding hydrogens is 520 g/mol. The van der Waals surface area contributed by atoms with Gasteiger partial charge < -0.3 is 25.2 Å². The van der Waals surface area contributed by atoms with Crippen LogP contribution in [0, 0.1) is 11.6 Å². The number of nitrogens with zero attached hydrogens (tertiary/aromatic N) is 5. The number of pyridine rings is 2. The smallest absolute Gasteiger partial charge is 0.342 e. The van der Waals surface area contributed by atoms with Gasteiger partial charge in [0, 0.05) is 68.0 Å². The summed E-state index contributed by atoms with van der Waals surface area (Å²) >= 11 is 0. The Morgan fingerprint density at radius 2 is 1.90 bits per heavy atom. The molecule has 1 saturated heterocycles. The van der Waals surface area contributed by atoms with Crippen molar-refractivity contribution in [3.63, 3.8) is 0 Å². The molecule has 40 heavy (non-hydrogen) atoms. The van der Waals surface area contributed by atoms with Gasteiger partial charge in [-0.05, 0) is 33.0 Å². The van der Waals surface area contributed by atoms with E-state index < -0.39 is 28.7 Å². The number of halogens is 2. The highest BCUT2D eigenvalue weighted by Gasteiger charge is 2.27. The third-order valence-corrected chi connectivity index (χ3v) is 7.36. The number of rotatable bonds is 6. The highest BCUT2D eigenvalue weighted by molar-refractivity contribution is 6.18. The fraction of sp³-hybridized carbons (Fsp3) is 0.286. The molecule has 0 amide bonds. The van der Waals surface area contributed by atoms with E-state index in [0.29, 0.717) is 69.9 Å². The number of aromatic carboxylic acids is 1. The van der Waals surface area contributed by atoms with Gasteiger partial charge in [-0.1, -0.05) is 0 Å². The maximum absolute atomic E-state index is 15.5. The number of H-pyrrole nitrogens is 1. The van der Waals surface area contributed by atoms with Gasteiger partial charge in [0.05, 0.1) is 27.7 Å². The molecule has 5 aromatic rings. The molecule has 0 radical (unpaired) electrons. The Morgan fingerprint density at radius 1 is 1.15 bits per heavy atom. The first-order valence-electron chi connectivity index (χ1n) is 12.9. The molecular formula is C28H27F2N7O3. The molecule has 1 aliphatic rings. The molecule has 0 saturated carbocycles. The summed E-state index contributed by atoms with van der Waals surface area (Å²) < 4.78 is 31.5. The minimum absolute atomic E-state index is 0.0944. The van der Waals surface area contributed by atoms with Crippen molar-refractivity contribution in [2.75, 3.05) is 44.4 Å². The van der Waals surface area contributed by atoms with Crippen LogP contribution in [0.25, 0.3) is 38.7 Å². The molecule has 206 valence electrons. The second-order valence-electron chi connectivity index (χ2n) is 10.3. The van der Waals surface area contributed by atoms with E-state index in [9.17, 15) is 19.1 Å². The van der Waals surface area contributed by atoms with E-state index >= 15 is 4.39 Å². The molecule has 3 N–H and O–H groups in total. The number of nitrogens with one attached hydrogen (secondary N) is 2. The highest BCUT2D eigenvalue weighted by Crippen LogP contribution is 2.44. The summed E-state index contributed by atoms with van der Waals surface area (Å²) in [7, 11) is 5.38. The predicted molar refractivity (Wildman–Crippen MR) is 149 cm³/mol. The lowest BCUT2D eigenvalue weighted by Crippen LogP contribution is -2.24. The van der Waals surface area contributed by atoms with Crippen molar-refractivity contribution in [3.8, 4) is 11.1 Å². The van der Waals surface area contributed by atoms with Gasteiger partial charge >= 0.3 is 5.97 Å². The normalized spacial score (nSPS) is 13.8. The molecule has 1 aromatic carbocycles. The number of carboxylic acid groups (broad SMARTS) is 1. The summed E-state index contributed by atoms with van der Waals surface area (Å²) in [5.74, 6) is -3.32. The van der Waals surface area contributed by atoms with Crippen LogP contribution in [0.2, 0.25) is 0 Å². The van der Waals surface area contributed by atoms with Crippen LogP contribution in [0.5, 0.6) is 0 Å². The number of carboxylic acids is 1. The lowest BCUT2D eigenvalue weighted by molar-refractivity contribution is 0.0694. The summed E-state index contributed by atoms with van der Waals surface area (Å²) in [6, 6.07) is 3.00. The molecule has 6 rings (SSSR count). The molecule has 0 spiro atoms. The number of fused-ring (bicyclic) bond motifs is 4. The van der Waals surface area contributed by atoms with Gasteiger partial charge in [0.25, 0.3) is 5.56 Å². The first-order valence-corrected chi connectivity index (χ1v) is 12.9. The van der Waals surface area contributed by atoms with Crippen LogP contribution in [0.15, 0.2) is 35.5 Å². The number of aromatic nitrogens is 4. The number of carbonyl (C=O) groups is 1. The molecule has 0 aliphatic carbocycles. The van der Waals surface area contributed by atoms with Crippen molar-refractivity contribution in [3.05, 3.63) is 63.8 Å². The molecule has 12 heteroatoms. The summed E-state index contributed by atoms with van der Waals surface area (Å²) in [6.45, 7) is 1.83. The Morgan fingerprint density at radius 3 is 2.58 bits per heavy atom. The van der Waals surface area contributed by atoms with Gasteiger partial charge in [0.15, 0.2) is 11.6 Å². The summed E-state index contributed by atoms with van der Waals surface area (Å²) in [5.41, 5.74) is 2.93. The van der Waals surface area contributed by atoms with Crippen LogP contribution >= 0.6 is 0 Å². The van der Waals surface area contributed by atoms with Crippen LogP contribution in [-0.4, -0.2) is 69.6 Å². The fourth-order valence-corrected chi connectivity index (χ4v) is 5.63. The van der Waals surface area contributed by atoms with E-state index in [1.54, 1.807) is 19.4 Å². The topological polar surface area (TPSA) is 119 Å². The minimum Gasteiger partial charge on any atom is -0.477 e. The van der Waals surface area contributed by atoms with Gasteiger partial charge in [0.2, 0.25) is 0 Å². The quantitative estimate of drug-likeness (QED) is 0.291. The average Bonchev–Trinajstić information content (AvgIpc) is 3.59. The monoisotopic (exact) mass is 547 g/mol. The van der Waals surface area contributed by atoms with Crippen LogP contribution < -0.4 is 15.8 Å². The lowest BCUT2D eigenvalue weighted by atomic mass is 10.0. The first-order chi connectivity index (χ1) is 19.2. The van der Waals surface area contributed by atoms with Crippen molar-refractivity contribution < 1.29 is 18.7 Å². The van der Waals surface area contributed by atoms with Crippen LogP contribution in [-0.2, 0) is 6.54 Å². The van der Waals surface area contributed by atoms with E-state index in [1.165, 1.54) is 4.40 Å². The zero-order valence-corrected chi connectivity index (χ0v) is 22.2. The Balaban J connectivity index is 1.74. The molecule has 0 atom stereocenters. The molecule has 1 fully saturated rings. The summed E-state index contributed by atoms with van der Waals surface area (Å²) in [6.07, 6.45) is 6.13. The molecule has 5 heterocycles. The third kappa shape index (κ3) is 3.94. The predicted octanol–water partition coefficient (Wildman–Crippen LogP) is 4.07. The molecule has 4 aromatic heterocycles. The second kappa shape index (κ2) is 9.56. The van der Waals surface area contributed by atoms with Crippen LogP contribution in [0.4, 0.5) is 20.2 Å². The molecule has 0 bridgehead atoms. The Hall–Kier alpha value is -4.58. The van der Waals surface area contributed by atoms with E-state index in [4.69, 9.17) is 0 Å². The standard InChI is InChI=1S/C28H27F2N7O3/c1-31-19-9-18(29)22(30)20-21-24(36-6-4-5-7-36)16(10-32-25(21)34-23(19)20)14-8-15(12-35(2)3)26-33-11-17(28(39)40)27(38)37(26)13-14/h8-11,13,31H,4-7,12H2,1-3H3,(H,32,34)(H,39,40). The maximum atomic E-state index is 15.5. The van der Waals surface area contributed by atoms with Gasteiger partial charge in [-0.3, -0.25) is 9.20 Å². The minimum atomic E-state index is -1.37. The van der Waals surface area contributed by atoms with Gasteiger partial charge in [0.1, 0.15) is 16.9 Å².